The summed E-state index contributed by atoms with van der Waals surface area (Å²) in [6.45, 7) is 4.51. The first-order valence-corrected chi connectivity index (χ1v) is 9.67. The zero-order chi connectivity index (χ0) is 18.6. The fourth-order valence-electron chi connectivity index (χ4n) is 2.37. The standard InChI is InChI=1S/C15H25N5O4S/c1-10(2)18-15-16-5-11(6-17-15)14(21)19-13-8-24-7-12(13)9-25(22,23)20(3)4/h5-6,10,12-13H,7-9H2,1-4H3,(H,19,21)(H,16,17,18)/t12-,13-/m0/s1. The third-order valence-corrected chi connectivity index (χ3v) is 5.79. The van der Waals surface area contributed by atoms with Crippen molar-refractivity contribution in [2.24, 2.45) is 5.92 Å². The highest BCUT2D eigenvalue weighted by molar-refractivity contribution is 7.89. The van der Waals surface area contributed by atoms with E-state index in [1.807, 2.05) is 13.8 Å². The molecule has 0 spiro atoms. The van der Waals surface area contributed by atoms with E-state index in [2.05, 4.69) is 20.6 Å². The van der Waals surface area contributed by atoms with E-state index in [-0.39, 0.29) is 36.3 Å². The summed E-state index contributed by atoms with van der Waals surface area (Å²) in [5, 5.41) is 5.86. The molecule has 25 heavy (non-hydrogen) atoms. The predicted molar refractivity (Wildman–Crippen MR) is 93.8 cm³/mol. The number of ether oxygens (including phenoxy) is 1. The Morgan fingerprint density at radius 3 is 2.52 bits per heavy atom. The number of rotatable bonds is 7. The van der Waals surface area contributed by atoms with Crippen LogP contribution in [0, 0.1) is 5.92 Å². The summed E-state index contributed by atoms with van der Waals surface area (Å²) in [6, 6.07) is -0.176. The number of hydrogen-bond donors (Lipinski definition) is 2. The summed E-state index contributed by atoms with van der Waals surface area (Å²) >= 11 is 0. The van der Waals surface area contributed by atoms with E-state index in [9.17, 15) is 13.2 Å². The van der Waals surface area contributed by atoms with Crippen LogP contribution in [0.1, 0.15) is 24.2 Å². The van der Waals surface area contributed by atoms with Gasteiger partial charge in [0, 0.05) is 38.4 Å². The minimum Gasteiger partial charge on any atom is -0.379 e. The van der Waals surface area contributed by atoms with Crippen molar-refractivity contribution in [3.05, 3.63) is 18.0 Å². The summed E-state index contributed by atoms with van der Waals surface area (Å²) in [5.74, 6) is -0.262. The van der Waals surface area contributed by atoms with Crippen molar-refractivity contribution in [2.45, 2.75) is 25.9 Å². The Labute approximate surface area is 148 Å². The number of nitrogens with zero attached hydrogens (tertiary/aromatic N) is 3. The molecule has 0 radical (unpaired) electrons. The van der Waals surface area contributed by atoms with Crippen molar-refractivity contribution in [3.8, 4) is 0 Å². The second-order valence-corrected chi connectivity index (χ2v) is 8.76. The highest BCUT2D eigenvalue weighted by Gasteiger charge is 2.34. The molecular formula is C15H25N5O4S. The first-order chi connectivity index (χ1) is 11.7. The van der Waals surface area contributed by atoms with Crippen LogP contribution in [0.15, 0.2) is 12.4 Å². The van der Waals surface area contributed by atoms with E-state index in [4.69, 9.17) is 4.74 Å². The predicted octanol–water partition coefficient (Wildman–Crippen LogP) is -0.0669. The van der Waals surface area contributed by atoms with Gasteiger partial charge in [0.1, 0.15) is 0 Å². The molecule has 1 aliphatic rings. The molecule has 1 aromatic heterocycles. The lowest BCUT2D eigenvalue weighted by atomic mass is 10.1. The van der Waals surface area contributed by atoms with Gasteiger partial charge in [-0.05, 0) is 13.8 Å². The van der Waals surface area contributed by atoms with Crippen molar-refractivity contribution in [2.75, 3.05) is 38.4 Å². The Bertz CT molecular complexity index is 690. The summed E-state index contributed by atoms with van der Waals surface area (Å²) in [6.07, 6.45) is 2.88. The molecule has 10 heteroatoms. The summed E-state index contributed by atoms with van der Waals surface area (Å²) in [7, 11) is -0.385. The van der Waals surface area contributed by atoms with E-state index in [0.29, 0.717) is 18.1 Å². The highest BCUT2D eigenvalue weighted by atomic mass is 32.2. The van der Waals surface area contributed by atoms with Crippen LogP contribution >= 0.6 is 0 Å². The highest BCUT2D eigenvalue weighted by Crippen LogP contribution is 2.17. The van der Waals surface area contributed by atoms with Gasteiger partial charge >= 0.3 is 0 Å². The Morgan fingerprint density at radius 2 is 1.96 bits per heavy atom. The molecule has 2 rings (SSSR count). The lowest BCUT2D eigenvalue weighted by molar-refractivity contribution is 0.0925. The van der Waals surface area contributed by atoms with Crippen LogP contribution in [-0.2, 0) is 14.8 Å². The fraction of sp³-hybridized carbons (Fsp3) is 0.667. The van der Waals surface area contributed by atoms with Crippen molar-refractivity contribution in [1.82, 2.24) is 19.6 Å². The van der Waals surface area contributed by atoms with Gasteiger partial charge in [-0.25, -0.2) is 22.7 Å². The maximum absolute atomic E-state index is 12.4. The molecule has 9 nitrogen and oxygen atoms in total. The monoisotopic (exact) mass is 371 g/mol. The van der Waals surface area contributed by atoms with E-state index in [1.165, 1.54) is 30.8 Å². The number of amides is 1. The number of nitrogens with one attached hydrogen (secondary N) is 2. The Kier molecular flexibility index (Phi) is 6.31. The first kappa shape index (κ1) is 19.5. The zero-order valence-electron chi connectivity index (χ0n) is 14.9. The van der Waals surface area contributed by atoms with Crippen LogP contribution in [0.2, 0.25) is 0 Å². The first-order valence-electron chi connectivity index (χ1n) is 8.06. The molecule has 2 atom stereocenters. The van der Waals surface area contributed by atoms with Crippen LogP contribution in [-0.4, -0.2) is 73.7 Å². The number of sulfonamides is 1. The smallest absolute Gasteiger partial charge is 0.254 e. The van der Waals surface area contributed by atoms with Crippen LogP contribution in [0.3, 0.4) is 0 Å². The molecule has 0 saturated carbocycles. The fourth-order valence-corrected chi connectivity index (χ4v) is 3.54. The maximum atomic E-state index is 12.4. The third-order valence-electron chi connectivity index (χ3n) is 3.83. The summed E-state index contributed by atoms with van der Waals surface area (Å²) < 4.78 is 30.6. The quantitative estimate of drug-likeness (QED) is 0.690. The zero-order valence-corrected chi connectivity index (χ0v) is 15.7. The van der Waals surface area contributed by atoms with Gasteiger partial charge in [0.15, 0.2) is 0 Å². The molecule has 2 heterocycles. The van der Waals surface area contributed by atoms with Crippen LogP contribution < -0.4 is 10.6 Å². The van der Waals surface area contributed by atoms with Crippen molar-refractivity contribution >= 4 is 21.9 Å². The van der Waals surface area contributed by atoms with Gasteiger partial charge < -0.3 is 15.4 Å². The Morgan fingerprint density at radius 1 is 1.32 bits per heavy atom. The second-order valence-electron chi connectivity index (χ2n) is 6.53. The third kappa shape index (κ3) is 5.35. The molecular weight excluding hydrogens is 346 g/mol. The van der Waals surface area contributed by atoms with E-state index in [0.717, 1.165) is 0 Å². The Hall–Kier alpha value is -1.78. The molecule has 2 N–H and O–H groups in total. The minimum absolute atomic E-state index is 0.0707. The van der Waals surface area contributed by atoms with Crippen molar-refractivity contribution < 1.29 is 17.9 Å². The molecule has 1 aromatic rings. The number of carbonyl (C=O) groups is 1. The van der Waals surface area contributed by atoms with E-state index in [1.54, 1.807) is 0 Å². The molecule has 0 aliphatic carbocycles. The molecule has 1 fully saturated rings. The van der Waals surface area contributed by atoms with Gasteiger partial charge in [-0.1, -0.05) is 0 Å². The lowest BCUT2D eigenvalue weighted by Gasteiger charge is -2.21. The lowest BCUT2D eigenvalue weighted by Crippen LogP contribution is -2.43. The van der Waals surface area contributed by atoms with Crippen molar-refractivity contribution in [1.29, 1.82) is 0 Å². The molecule has 0 bridgehead atoms. The van der Waals surface area contributed by atoms with Gasteiger partial charge in [-0.15, -0.1) is 0 Å². The molecule has 0 unspecified atom stereocenters. The number of anilines is 1. The van der Waals surface area contributed by atoms with Crippen LogP contribution in [0.5, 0.6) is 0 Å². The number of carbonyl (C=O) groups excluding carboxylic acids is 1. The van der Waals surface area contributed by atoms with Gasteiger partial charge in [-0.3, -0.25) is 4.79 Å². The SMILES string of the molecule is CC(C)Nc1ncc(C(=O)N[C@H]2COC[C@H]2CS(=O)(=O)N(C)C)cn1. The normalized spacial score (nSPS) is 20.9. The average Bonchev–Trinajstić information content (AvgIpc) is 2.93. The number of aromatic nitrogens is 2. The van der Waals surface area contributed by atoms with Gasteiger partial charge in [0.25, 0.3) is 5.91 Å². The van der Waals surface area contributed by atoms with Crippen LogP contribution in [0.25, 0.3) is 0 Å². The maximum Gasteiger partial charge on any atom is 0.254 e. The minimum atomic E-state index is -3.36. The largest absolute Gasteiger partial charge is 0.379 e. The second kappa shape index (κ2) is 8.07. The van der Waals surface area contributed by atoms with E-state index >= 15 is 0 Å². The van der Waals surface area contributed by atoms with Gasteiger partial charge in [-0.2, -0.15) is 0 Å². The molecule has 1 saturated heterocycles. The molecule has 1 aliphatic heterocycles. The topological polar surface area (TPSA) is 114 Å². The van der Waals surface area contributed by atoms with Gasteiger partial charge in [0.2, 0.25) is 16.0 Å². The summed E-state index contributed by atoms with van der Waals surface area (Å²) in [5.41, 5.74) is 0.315. The summed E-state index contributed by atoms with van der Waals surface area (Å²) in [4.78, 5) is 20.6. The van der Waals surface area contributed by atoms with Crippen molar-refractivity contribution in [3.63, 3.8) is 0 Å². The molecule has 1 amide bonds. The Balaban J connectivity index is 1.99. The average molecular weight is 371 g/mol. The molecule has 140 valence electrons. The van der Waals surface area contributed by atoms with E-state index < -0.39 is 10.0 Å². The van der Waals surface area contributed by atoms with Crippen LogP contribution in [0.4, 0.5) is 5.95 Å². The molecule has 0 aromatic carbocycles. The number of hydrogen-bond acceptors (Lipinski definition) is 7. The van der Waals surface area contributed by atoms with Gasteiger partial charge in [0.05, 0.1) is 30.6 Å².